The number of anilines is 1. The summed E-state index contributed by atoms with van der Waals surface area (Å²) in [5.41, 5.74) is 1.54. The molecule has 27 heavy (non-hydrogen) atoms. The molecule has 1 atom stereocenters. The van der Waals surface area contributed by atoms with Crippen molar-refractivity contribution in [3.63, 3.8) is 0 Å². The molecule has 2 N–H and O–H groups in total. The highest BCUT2D eigenvalue weighted by Gasteiger charge is 2.26. The Labute approximate surface area is 161 Å². The van der Waals surface area contributed by atoms with Crippen molar-refractivity contribution in [1.82, 2.24) is 5.32 Å². The van der Waals surface area contributed by atoms with Crippen LogP contribution in [-0.2, 0) is 4.79 Å². The third-order valence-corrected chi connectivity index (χ3v) is 4.28. The molecule has 0 bridgehead atoms. The summed E-state index contributed by atoms with van der Waals surface area (Å²) in [6.07, 6.45) is 0. The van der Waals surface area contributed by atoms with E-state index in [1.807, 2.05) is 19.1 Å². The lowest BCUT2D eigenvalue weighted by Gasteiger charge is -2.22. The van der Waals surface area contributed by atoms with E-state index in [1.54, 1.807) is 26.0 Å². The van der Waals surface area contributed by atoms with Gasteiger partial charge in [0.25, 0.3) is 11.6 Å². The molecule has 0 spiro atoms. The number of rotatable bonds is 6. The van der Waals surface area contributed by atoms with Crippen LogP contribution in [-0.4, -0.2) is 22.8 Å². The Morgan fingerprint density at radius 1 is 1.11 bits per heavy atom. The van der Waals surface area contributed by atoms with E-state index < -0.39 is 16.9 Å². The zero-order valence-corrected chi connectivity index (χ0v) is 15.9. The van der Waals surface area contributed by atoms with Crippen LogP contribution in [0, 0.1) is 23.0 Å². The molecule has 2 aromatic carbocycles. The van der Waals surface area contributed by atoms with E-state index in [-0.39, 0.29) is 28.1 Å². The highest BCUT2D eigenvalue weighted by molar-refractivity contribution is 6.34. The minimum absolute atomic E-state index is 0.0526. The molecule has 142 valence electrons. The number of carbonyl (C=O) groups excluding carboxylic acids is 2. The van der Waals surface area contributed by atoms with Crippen molar-refractivity contribution in [3.05, 3.63) is 68.7 Å². The highest BCUT2D eigenvalue weighted by atomic mass is 35.5. The van der Waals surface area contributed by atoms with Gasteiger partial charge in [-0.15, -0.1) is 0 Å². The second-order valence-corrected chi connectivity index (χ2v) is 6.88. The van der Waals surface area contributed by atoms with Crippen molar-refractivity contribution in [2.75, 3.05) is 5.32 Å². The average Bonchev–Trinajstić information content (AvgIpc) is 2.60. The quantitative estimate of drug-likeness (QED) is 0.576. The number of halogens is 1. The molecule has 0 fully saturated rings. The van der Waals surface area contributed by atoms with E-state index >= 15 is 0 Å². The van der Waals surface area contributed by atoms with Crippen LogP contribution < -0.4 is 10.6 Å². The van der Waals surface area contributed by atoms with Crippen LogP contribution in [0.25, 0.3) is 0 Å². The summed E-state index contributed by atoms with van der Waals surface area (Å²) < 4.78 is 0. The van der Waals surface area contributed by atoms with Crippen molar-refractivity contribution in [2.45, 2.75) is 26.8 Å². The van der Waals surface area contributed by atoms with Crippen LogP contribution in [0.4, 0.5) is 11.4 Å². The fourth-order valence-electron chi connectivity index (χ4n) is 2.41. The van der Waals surface area contributed by atoms with Gasteiger partial charge in [-0.25, -0.2) is 0 Å². The summed E-state index contributed by atoms with van der Waals surface area (Å²) >= 11 is 5.99. The maximum Gasteiger partial charge on any atom is 0.270 e. The minimum Gasteiger partial charge on any atom is -0.340 e. The first-order valence-corrected chi connectivity index (χ1v) is 8.69. The van der Waals surface area contributed by atoms with Crippen LogP contribution in [0.5, 0.6) is 0 Å². The lowest BCUT2D eigenvalue weighted by molar-refractivity contribution is -0.384. The van der Waals surface area contributed by atoms with E-state index in [1.165, 1.54) is 12.1 Å². The molecule has 0 aliphatic carbocycles. The molecule has 0 saturated carbocycles. The molecule has 2 rings (SSSR count). The van der Waals surface area contributed by atoms with Gasteiger partial charge >= 0.3 is 0 Å². The Hall–Kier alpha value is -2.93. The molecule has 2 aromatic rings. The van der Waals surface area contributed by atoms with Gasteiger partial charge < -0.3 is 10.6 Å². The van der Waals surface area contributed by atoms with E-state index in [2.05, 4.69) is 10.6 Å². The Morgan fingerprint density at radius 2 is 1.74 bits per heavy atom. The average molecular weight is 390 g/mol. The topological polar surface area (TPSA) is 101 Å². The molecule has 0 radical (unpaired) electrons. The predicted molar refractivity (Wildman–Crippen MR) is 104 cm³/mol. The van der Waals surface area contributed by atoms with Gasteiger partial charge in [-0.3, -0.25) is 19.7 Å². The summed E-state index contributed by atoms with van der Waals surface area (Å²) in [5.74, 6) is -1.12. The lowest BCUT2D eigenvalue weighted by atomic mass is 10.0. The number of nitro benzene ring substituents is 1. The second-order valence-electron chi connectivity index (χ2n) is 6.47. The standard InChI is InChI=1S/C19H20ClN3O4/c1-11(2)17(19(25)21-13-6-4-12(3)5-7-13)22-18(24)15-9-8-14(23(26)27)10-16(15)20/h4-11,17H,1-3H3,(H,21,25)(H,22,24). The smallest absolute Gasteiger partial charge is 0.270 e. The van der Waals surface area contributed by atoms with E-state index in [0.29, 0.717) is 5.69 Å². The van der Waals surface area contributed by atoms with Gasteiger partial charge in [0.05, 0.1) is 15.5 Å². The molecule has 0 aliphatic heterocycles. The number of non-ortho nitro benzene ring substituents is 1. The summed E-state index contributed by atoms with van der Waals surface area (Å²) in [6.45, 7) is 5.55. The van der Waals surface area contributed by atoms with Crippen molar-refractivity contribution in [2.24, 2.45) is 5.92 Å². The lowest BCUT2D eigenvalue weighted by Crippen LogP contribution is -2.47. The third-order valence-electron chi connectivity index (χ3n) is 3.96. The predicted octanol–water partition coefficient (Wildman–Crippen LogP) is 3.95. The fourth-order valence-corrected chi connectivity index (χ4v) is 2.67. The first kappa shape index (κ1) is 20.4. The number of hydrogen-bond donors (Lipinski definition) is 2. The Bertz CT molecular complexity index is 866. The molecule has 2 amide bonds. The SMILES string of the molecule is Cc1ccc(NC(=O)C(NC(=O)c2ccc([N+](=O)[O-])cc2Cl)C(C)C)cc1. The van der Waals surface area contributed by atoms with Crippen LogP contribution in [0.15, 0.2) is 42.5 Å². The molecule has 8 heteroatoms. The number of amides is 2. The van der Waals surface area contributed by atoms with Gasteiger partial charge in [0, 0.05) is 17.8 Å². The second kappa shape index (κ2) is 8.64. The first-order valence-electron chi connectivity index (χ1n) is 8.31. The van der Waals surface area contributed by atoms with E-state index in [4.69, 9.17) is 11.6 Å². The van der Waals surface area contributed by atoms with E-state index in [0.717, 1.165) is 11.6 Å². The molecule has 0 saturated heterocycles. The molecular weight excluding hydrogens is 370 g/mol. The van der Waals surface area contributed by atoms with Gasteiger partial charge in [0.2, 0.25) is 5.91 Å². The largest absolute Gasteiger partial charge is 0.340 e. The molecule has 0 aromatic heterocycles. The zero-order chi connectivity index (χ0) is 20.1. The number of nitro groups is 1. The maximum absolute atomic E-state index is 12.6. The van der Waals surface area contributed by atoms with Gasteiger partial charge in [0.1, 0.15) is 6.04 Å². The summed E-state index contributed by atoms with van der Waals surface area (Å²) in [4.78, 5) is 35.3. The number of nitrogens with zero attached hydrogens (tertiary/aromatic N) is 1. The number of carbonyl (C=O) groups is 2. The van der Waals surface area contributed by atoms with Crippen molar-refractivity contribution < 1.29 is 14.5 Å². The number of nitrogens with one attached hydrogen (secondary N) is 2. The molecular formula is C19H20ClN3O4. The maximum atomic E-state index is 12.6. The van der Waals surface area contributed by atoms with Gasteiger partial charge in [-0.1, -0.05) is 43.1 Å². The number of benzene rings is 2. The summed E-state index contributed by atoms with van der Waals surface area (Å²) in [6, 6.07) is 10.1. The molecule has 1 unspecified atom stereocenters. The fraction of sp³-hybridized carbons (Fsp3) is 0.263. The van der Waals surface area contributed by atoms with E-state index in [9.17, 15) is 19.7 Å². The van der Waals surface area contributed by atoms with Crippen LogP contribution in [0.2, 0.25) is 5.02 Å². The normalized spacial score (nSPS) is 11.7. The Kier molecular flexibility index (Phi) is 6.52. The minimum atomic E-state index is -0.801. The van der Waals surface area contributed by atoms with Gasteiger partial charge in [-0.2, -0.15) is 0 Å². The monoisotopic (exact) mass is 389 g/mol. The Balaban J connectivity index is 2.15. The van der Waals surface area contributed by atoms with Crippen LogP contribution in [0.3, 0.4) is 0 Å². The summed E-state index contributed by atoms with van der Waals surface area (Å²) in [7, 11) is 0. The molecule has 7 nitrogen and oxygen atoms in total. The van der Waals surface area contributed by atoms with Gasteiger partial charge in [0.15, 0.2) is 0 Å². The van der Waals surface area contributed by atoms with Crippen molar-refractivity contribution in [3.8, 4) is 0 Å². The van der Waals surface area contributed by atoms with Crippen LogP contribution in [0.1, 0.15) is 29.8 Å². The molecule has 0 aliphatic rings. The number of hydrogen-bond acceptors (Lipinski definition) is 4. The van der Waals surface area contributed by atoms with Crippen molar-refractivity contribution in [1.29, 1.82) is 0 Å². The Morgan fingerprint density at radius 3 is 2.26 bits per heavy atom. The molecule has 0 heterocycles. The number of aryl methyl sites for hydroxylation is 1. The third kappa shape index (κ3) is 5.27. The first-order chi connectivity index (χ1) is 12.7. The van der Waals surface area contributed by atoms with Gasteiger partial charge in [-0.05, 0) is 31.0 Å². The van der Waals surface area contributed by atoms with Crippen LogP contribution >= 0.6 is 11.6 Å². The zero-order valence-electron chi connectivity index (χ0n) is 15.2. The highest BCUT2D eigenvalue weighted by Crippen LogP contribution is 2.23. The summed E-state index contributed by atoms with van der Waals surface area (Å²) in [5, 5.41) is 16.1. The van der Waals surface area contributed by atoms with Crippen molar-refractivity contribution >= 4 is 34.8 Å².